The number of nitrogens with two attached hydrogens (primary N) is 2. The van der Waals surface area contributed by atoms with Crippen LogP contribution in [0.3, 0.4) is 0 Å². The molecule has 0 fully saturated rings. The van der Waals surface area contributed by atoms with E-state index in [1.54, 1.807) is 124 Å². The first-order valence-corrected chi connectivity index (χ1v) is 44.0. The van der Waals surface area contributed by atoms with E-state index < -0.39 is 35.8 Å². The maximum absolute atomic E-state index is 13.4. The first-order valence-electron chi connectivity index (χ1n) is 41.8. The summed E-state index contributed by atoms with van der Waals surface area (Å²) in [5.41, 5.74) is 19.6. The highest BCUT2D eigenvalue weighted by Gasteiger charge is 2.22. The van der Waals surface area contributed by atoms with Gasteiger partial charge in [0.05, 0.1) is 48.0 Å². The molecule has 706 valence electrons. The van der Waals surface area contributed by atoms with Crippen LogP contribution in [-0.2, 0) is 38.2 Å². The molecule has 0 radical (unpaired) electrons. The van der Waals surface area contributed by atoms with Crippen LogP contribution in [0, 0.1) is 17.5 Å². The molecule has 0 aliphatic heterocycles. The summed E-state index contributed by atoms with van der Waals surface area (Å²) in [4.78, 5) is 76.8. The van der Waals surface area contributed by atoms with Gasteiger partial charge >= 0.3 is 29.8 Å². The molecule has 36 heteroatoms. The van der Waals surface area contributed by atoms with E-state index in [0.717, 1.165) is 114 Å². The second kappa shape index (κ2) is 50.2. The molecule has 135 heavy (non-hydrogen) atoms. The molecule has 11 N–H and O–H groups in total. The number of fused-ring (bicyclic) bond motifs is 9. The monoisotopic (exact) mass is 1960 g/mol. The molecule has 0 aliphatic rings. The largest absolute Gasteiger partial charge is 0.504 e. The predicted molar refractivity (Wildman–Crippen MR) is 510 cm³/mol. The van der Waals surface area contributed by atoms with Crippen LogP contribution < -0.4 is 45.8 Å². The molecule has 18 aromatic rings. The van der Waals surface area contributed by atoms with Gasteiger partial charge in [-0.1, -0.05) is 88.7 Å². The van der Waals surface area contributed by atoms with Gasteiger partial charge in [-0.05, 0) is 190 Å². The highest BCUT2D eigenvalue weighted by molar-refractivity contribution is 9.09. The number of ether oxygens (including phenoxy) is 9. The number of carboxylic acids is 1. The van der Waals surface area contributed by atoms with E-state index in [9.17, 15) is 47.0 Å². The van der Waals surface area contributed by atoms with Crippen molar-refractivity contribution in [3.8, 4) is 34.5 Å². The molecule has 0 atom stereocenters. The Bertz CT molecular complexity index is 7030. The normalized spacial score (nSPS) is 10.7. The van der Waals surface area contributed by atoms with Gasteiger partial charge in [0.25, 0.3) is 5.91 Å². The number of phenolic OH excluding ortho intramolecular Hbond substituents is 1. The maximum atomic E-state index is 13.4. The number of alkyl halides is 3. The lowest BCUT2D eigenvalue weighted by Gasteiger charge is -2.08. The van der Waals surface area contributed by atoms with Gasteiger partial charge in [0.2, 0.25) is 28.8 Å². The van der Waals surface area contributed by atoms with Crippen LogP contribution in [0.4, 0.5) is 13.2 Å². The lowest BCUT2D eigenvalue weighted by Crippen LogP contribution is -2.23. The maximum Gasteiger partial charge on any atom is 0.374 e. The average Bonchev–Trinajstić information content (AvgIpc) is 1.66. The number of carbonyl (C=O) groups excluding carboxylic acids is 5. The number of methoxy groups -OCH3 is 5. The summed E-state index contributed by atoms with van der Waals surface area (Å²) < 4.78 is 118. The number of halogens is 6. The Hall–Kier alpha value is -14.8. The summed E-state index contributed by atoms with van der Waals surface area (Å²) in [6, 6.07) is 55.7. The number of aromatic amines is 3. The van der Waals surface area contributed by atoms with Crippen LogP contribution in [0.1, 0.15) is 86.9 Å². The van der Waals surface area contributed by atoms with E-state index in [-0.39, 0.29) is 63.3 Å². The van der Waals surface area contributed by atoms with Crippen molar-refractivity contribution < 1.29 is 121 Å². The molecule has 0 spiro atoms. The highest BCUT2D eigenvalue weighted by atomic mass is 79.9. The van der Waals surface area contributed by atoms with Gasteiger partial charge in [-0.3, -0.25) is 4.79 Å². The summed E-state index contributed by atoms with van der Waals surface area (Å²) in [6.07, 6.45) is 8.05. The van der Waals surface area contributed by atoms with Gasteiger partial charge in [0, 0.05) is 108 Å². The van der Waals surface area contributed by atoms with E-state index in [0.29, 0.717) is 120 Å². The molecule has 0 unspecified atom stereocenters. The van der Waals surface area contributed by atoms with Crippen molar-refractivity contribution in [2.24, 2.45) is 11.5 Å². The number of esters is 4. The van der Waals surface area contributed by atoms with Crippen LogP contribution in [0.15, 0.2) is 245 Å². The number of amides is 1. The second-order valence-electron chi connectivity index (χ2n) is 28.7. The van der Waals surface area contributed by atoms with E-state index in [1.807, 2.05) is 79.3 Å². The Morgan fingerprint density at radius 2 is 0.726 bits per heavy atom. The molecule has 0 bridgehead atoms. The summed E-state index contributed by atoms with van der Waals surface area (Å²) in [5.74, 6) is 0.172. The second-order valence-corrected chi connectivity index (χ2v) is 30.2. The van der Waals surface area contributed by atoms with Gasteiger partial charge in [0.1, 0.15) is 37.3 Å². The van der Waals surface area contributed by atoms with Crippen LogP contribution in [0.25, 0.3) is 98.5 Å². The number of furan rings is 6. The molecule has 0 saturated heterocycles. The zero-order valence-corrected chi connectivity index (χ0v) is 76.9. The third kappa shape index (κ3) is 27.0. The number of carboxylic acid groups (broad SMARTS) is 1. The van der Waals surface area contributed by atoms with Crippen molar-refractivity contribution in [3.63, 3.8) is 0 Å². The zero-order valence-electron chi connectivity index (χ0n) is 73.8. The van der Waals surface area contributed by atoms with Crippen molar-refractivity contribution in [1.29, 1.82) is 0 Å². The number of H-pyrrole nitrogens is 3. The van der Waals surface area contributed by atoms with E-state index in [1.165, 1.54) is 57.7 Å². The Morgan fingerprint density at radius 1 is 0.407 bits per heavy atom. The third-order valence-electron chi connectivity index (χ3n) is 19.8. The van der Waals surface area contributed by atoms with Gasteiger partial charge < -0.3 is 116 Å². The number of phenols is 1. The first-order chi connectivity index (χ1) is 65.4. The Kier molecular flexibility index (Phi) is 37.4. The van der Waals surface area contributed by atoms with Gasteiger partial charge in [-0.2, -0.15) is 0 Å². The minimum absolute atomic E-state index is 0.0509. The number of carbonyl (C=O) groups is 6. The fourth-order valence-electron chi connectivity index (χ4n) is 13.6. The Balaban J connectivity index is 0.000000154. The number of hydrogen-bond acceptors (Lipinski definition) is 25. The van der Waals surface area contributed by atoms with E-state index in [2.05, 4.69) is 55.7 Å². The lowest BCUT2D eigenvalue weighted by molar-refractivity contribution is 0.0490. The molecular weight excluding hydrogens is 1860 g/mol. The number of hydrogen-bond donors (Lipinski definition) is 9. The number of primary amides is 1. The third-order valence-corrected chi connectivity index (χ3v) is 21.0. The van der Waals surface area contributed by atoms with Crippen LogP contribution in [-0.4, -0.2) is 173 Å². The smallest absolute Gasteiger partial charge is 0.374 e. The number of rotatable bonds is 29. The first kappa shape index (κ1) is 101. The standard InChI is InChI=1S/C22H21FN2O4.C21H20FN3O3.C12H11ClO4.C12H12O4.C11H10O4.C10H11FN2.C9H6O4.C2H4BrCl/c1-27-22(26)20-11-14-3-2-4-19(21(14)29-20)28-10-9-24-8-7-15-13-25-18-6-5-16(23)12-17(15)18;22-15-4-5-17-16(11-15)14(12-25-17)6-7-24-8-9-27-18-3-1-2-13-10-19(21(23)26)28-20(13)18;1-15-12(14)10-7-8-3-2-4-9(11(8)17-10)16-6-5-13;1-3-15-12(13)10-7-8-5-4-6-9(14-2)11(8)16-10;1-13-8-5-3-4-7-6-9(11(12)14-2)15-10(7)8;11-8-1-2-10-9(5-8)7(3-4-12)6-13-10;10-6-3-1-2-5-4-7(9(11)12)13-8(5)6;3-1-2-4/h2-6,11-13,24-25H,7-10H2,1H3;1-5,10-12,24-25H,6-9H2,(H2,23,26);2-4,7H,5-6H2,1H3;4-7H,3H2,1-2H3;3-6H,1-2H3;1-2,5-6,13H,3-4,12H2;1-4,10H,(H,11,12);1-2H2. The van der Waals surface area contributed by atoms with Crippen molar-refractivity contribution in [2.75, 3.05) is 112 Å². The van der Waals surface area contributed by atoms with Crippen LogP contribution in [0.2, 0.25) is 0 Å². The molecule has 0 saturated carbocycles. The number of benzene rings is 9. The molecule has 1 amide bonds. The summed E-state index contributed by atoms with van der Waals surface area (Å²) in [6.45, 7) is 6.68. The fraction of sp³-hybridized carbons (Fsp3) is 0.212. The SMILES string of the molecule is CCOC(=O)c1cc2cccc(OC)c2o1.COC(=O)c1cc2cccc(OC)c2o1.COC(=O)c1cc2cccc(OCCCl)c2o1.COC(=O)c1cc2cccc(OCCNCCc3c[nH]c4ccc(F)cc34)c2o1.ClCCBr.NC(=O)c1cc2cccc(OCCNCCc3c[nH]c4ccc(F)cc34)c2o1.NCCc1c[nH]c2ccc(F)cc12.O=C(O)c1cc2cccc(O)c2o1. The number of nitrogens with one attached hydrogen (secondary N) is 5. The van der Waals surface area contributed by atoms with Crippen molar-refractivity contribution in [1.82, 2.24) is 25.6 Å². The molecule has 18 rings (SSSR count). The predicted octanol–water partition coefficient (Wildman–Crippen LogP) is 20.4. The number of aromatic carboxylic acids is 1. The summed E-state index contributed by atoms with van der Waals surface area (Å²) in [7, 11) is 7.04. The molecule has 9 heterocycles. The Morgan fingerprint density at radius 3 is 1.06 bits per heavy atom. The van der Waals surface area contributed by atoms with Crippen molar-refractivity contribution >= 4 is 173 Å². The molecule has 9 aromatic heterocycles. The zero-order chi connectivity index (χ0) is 96.5. The van der Waals surface area contributed by atoms with Crippen molar-refractivity contribution in [3.05, 3.63) is 287 Å². The minimum atomic E-state index is -1.14. The number of aromatic hydroxyl groups is 1. The molecular formula is C99H95BrCl2F3N7O23. The van der Waals surface area contributed by atoms with Gasteiger partial charge in [-0.25, -0.2) is 37.1 Å². The quantitative estimate of drug-likeness (QED) is 0.00910. The molecule has 0 aliphatic carbocycles. The highest BCUT2D eigenvalue weighted by Crippen LogP contribution is 2.36. The van der Waals surface area contributed by atoms with E-state index >= 15 is 0 Å². The molecule has 30 nitrogen and oxygen atoms in total. The van der Waals surface area contributed by atoms with E-state index in [4.69, 9.17) is 94.7 Å². The van der Waals surface area contributed by atoms with Gasteiger partial charge in [0.15, 0.2) is 73.8 Å². The van der Waals surface area contributed by atoms with Crippen LogP contribution in [0.5, 0.6) is 34.5 Å². The van der Waals surface area contributed by atoms with Crippen LogP contribution >= 0.6 is 39.1 Å². The summed E-state index contributed by atoms with van der Waals surface area (Å²) >= 11 is 13.8. The molecule has 9 aromatic carbocycles. The van der Waals surface area contributed by atoms with Crippen molar-refractivity contribution in [2.45, 2.75) is 26.2 Å². The minimum Gasteiger partial charge on any atom is -0.504 e. The number of aromatic nitrogens is 3. The fourth-order valence-corrected chi connectivity index (χ4v) is 13.6. The van der Waals surface area contributed by atoms with Gasteiger partial charge in [-0.15, -0.1) is 23.2 Å². The topological polar surface area (TPSA) is 428 Å². The average molecular weight is 1960 g/mol. The lowest BCUT2D eigenvalue weighted by atomic mass is 10.1. The number of para-hydroxylation sites is 6. The summed E-state index contributed by atoms with van der Waals surface area (Å²) in [5, 5.41) is 32.7. The Labute approximate surface area is 787 Å².